The van der Waals surface area contributed by atoms with Gasteiger partial charge in [-0.05, 0) is 46.3 Å². The van der Waals surface area contributed by atoms with E-state index >= 15 is 0 Å². The first-order chi connectivity index (χ1) is 11.0. The first kappa shape index (κ1) is 15.8. The summed E-state index contributed by atoms with van der Waals surface area (Å²) in [5, 5.41) is 6.54. The zero-order valence-corrected chi connectivity index (χ0v) is 14.5. The molecule has 0 aliphatic carbocycles. The van der Waals surface area contributed by atoms with E-state index in [1.165, 1.54) is 18.2 Å². The number of halogens is 3. The summed E-state index contributed by atoms with van der Waals surface area (Å²) in [6.45, 7) is 0. The molecule has 0 saturated heterocycles. The molecule has 1 aliphatic rings. The zero-order chi connectivity index (χ0) is 16.6. The van der Waals surface area contributed by atoms with Gasteiger partial charge in [-0.25, -0.2) is 9.82 Å². The quantitative estimate of drug-likeness (QED) is 0.702. The summed E-state index contributed by atoms with van der Waals surface area (Å²) >= 11 is 6.68. The van der Waals surface area contributed by atoms with Crippen molar-refractivity contribution in [1.29, 1.82) is 0 Å². The van der Waals surface area contributed by atoms with Gasteiger partial charge in [-0.1, -0.05) is 22.0 Å². The van der Waals surface area contributed by atoms with E-state index in [1.54, 1.807) is 12.1 Å². The van der Waals surface area contributed by atoms with Crippen LogP contribution in [0, 0.1) is 5.82 Å². The highest BCUT2D eigenvalue weighted by Crippen LogP contribution is 2.34. The smallest absolute Gasteiger partial charge is 0.276 e. The van der Waals surface area contributed by atoms with Gasteiger partial charge in [0.15, 0.2) is 5.71 Å². The first-order valence-corrected chi connectivity index (χ1v) is 7.98. The molecule has 5 nitrogen and oxygen atoms in total. The summed E-state index contributed by atoms with van der Waals surface area (Å²) in [5.74, 6) is -1.56. The minimum atomic E-state index is -0.604. The summed E-state index contributed by atoms with van der Waals surface area (Å²) in [4.78, 5) is 24.0. The fraction of sp³-hybridized carbons (Fsp3) is 0. The highest BCUT2D eigenvalue weighted by Gasteiger charge is 2.28. The van der Waals surface area contributed by atoms with E-state index < -0.39 is 17.6 Å². The van der Waals surface area contributed by atoms with Crippen LogP contribution in [-0.2, 0) is 4.79 Å². The molecule has 2 N–H and O–H groups in total. The Morgan fingerprint density at radius 2 is 2.00 bits per heavy atom. The molecule has 2 aromatic carbocycles. The summed E-state index contributed by atoms with van der Waals surface area (Å²) in [6.07, 6.45) is 0. The van der Waals surface area contributed by atoms with E-state index in [1.807, 2.05) is 0 Å². The summed E-state index contributed by atoms with van der Waals surface area (Å²) in [5.41, 5.74) is 3.59. The lowest BCUT2D eigenvalue weighted by Gasteiger charge is -2.03. The number of benzene rings is 2. The number of hydrazone groups is 1. The summed E-state index contributed by atoms with van der Waals surface area (Å²) in [7, 11) is 0. The lowest BCUT2D eigenvalue weighted by Crippen LogP contribution is -2.23. The van der Waals surface area contributed by atoms with Gasteiger partial charge in [-0.3, -0.25) is 9.59 Å². The number of nitrogens with one attached hydrogen (secondary N) is 2. The van der Waals surface area contributed by atoms with Crippen LogP contribution in [0.25, 0.3) is 0 Å². The Morgan fingerprint density at radius 3 is 2.74 bits per heavy atom. The van der Waals surface area contributed by atoms with Crippen LogP contribution < -0.4 is 10.7 Å². The maximum atomic E-state index is 13.1. The Labute approximate surface area is 147 Å². The van der Waals surface area contributed by atoms with E-state index in [-0.39, 0.29) is 11.3 Å². The minimum Gasteiger partial charge on any atom is -0.319 e. The van der Waals surface area contributed by atoms with Gasteiger partial charge >= 0.3 is 0 Å². The molecule has 0 spiro atoms. The maximum absolute atomic E-state index is 13.1. The highest BCUT2D eigenvalue weighted by atomic mass is 79.9. The first-order valence-electron chi connectivity index (χ1n) is 6.40. The molecule has 0 aromatic heterocycles. The second-order valence-electron chi connectivity index (χ2n) is 4.68. The maximum Gasteiger partial charge on any atom is 0.276 e. The monoisotopic (exact) mass is 439 g/mol. The number of hydrogen-bond acceptors (Lipinski definition) is 3. The SMILES string of the molecule is O=C1Nc2c(Br)cc(Br)cc2/C1=N/NC(=O)c1cccc(F)c1. The van der Waals surface area contributed by atoms with Crippen molar-refractivity contribution in [3.63, 3.8) is 0 Å². The number of nitrogens with zero attached hydrogens (tertiary/aromatic N) is 1. The molecular formula is C15H8Br2FN3O2. The van der Waals surface area contributed by atoms with Gasteiger partial charge in [0, 0.05) is 20.1 Å². The van der Waals surface area contributed by atoms with E-state index in [0.717, 1.165) is 10.5 Å². The molecule has 0 fully saturated rings. The van der Waals surface area contributed by atoms with E-state index in [2.05, 4.69) is 47.7 Å². The fourth-order valence-corrected chi connectivity index (χ4v) is 3.42. The molecule has 0 bridgehead atoms. The normalized spacial score (nSPS) is 14.6. The van der Waals surface area contributed by atoms with Gasteiger partial charge in [-0.15, -0.1) is 0 Å². The number of carbonyl (C=O) groups is 2. The number of rotatable bonds is 2. The average Bonchev–Trinajstić information content (AvgIpc) is 2.81. The molecule has 2 aromatic rings. The molecule has 0 saturated carbocycles. The minimum absolute atomic E-state index is 0.0757. The Kier molecular flexibility index (Phi) is 4.27. The number of fused-ring (bicyclic) bond motifs is 1. The van der Waals surface area contributed by atoms with Crippen molar-refractivity contribution >= 4 is 55.1 Å². The number of anilines is 1. The van der Waals surface area contributed by atoms with E-state index in [0.29, 0.717) is 15.7 Å². The van der Waals surface area contributed by atoms with Crippen LogP contribution in [0.15, 0.2) is 50.4 Å². The van der Waals surface area contributed by atoms with Crippen LogP contribution in [0.3, 0.4) is 0 Å². The average molecular weight is 441 g/mol. The van der Waals surface area contributed by atoms with Crippen LogP contribution in [-0.4, -0.2) is 17.5 Å². The lowest BCUT2D eigenvalue weighted by molar-refractivity contribution is -0.110. The second-order valence-corrected chi connectivity index (χ2v) is 6.45. The Balaban J connectivity index is 1.90. The van der Waals surface area contributed by atoms with Crippen molar-refractivity contribution in [2.24, 2.45) is 5.10 Å². The fourth-order valence-electron chi connectivity index (χ4n) is 2.09. The van der Waals surface area contributed by atoms with Gasteiger partial charge < -0.3 is 5.32 Å². The van der Waals surface area contributed by atoms with Crippen LogP contribution in [0.5, 0.6) is 0 Å². The zero-order valence-electron chi connectivity index (χ0n) is 11.4. The molecule has 1 aliphatic heterocycles. The number of carbonyl (C=O) groups excluding carboxylic acids is 2. The van der Waals surface area contributed by atoms with Gasteiger partial charge in [0.05, 0.1) is 5.69 Å². The van der Waals surface area contributed by atoms with Gasteiger partial charge in [0.25, 0.3) is 11.8 Å². The third kappa shape index (κ3) is 3.18. The Hall–Kier alpha value is -2.06. The lowest BCUT2D eigenvalue weighted by atomic mass is 10.1. The molecule has 116 valence electrons. The van der Waals surface area contributed by atoms with E-state index in [4.69, 9.17) is 0 Å². The number of amides is 2. The van der Waals surface area contributed by atoms with Crippen molar-refractivity contribution in [1.82, 2.24) is 5.43 Å². The molecular weight excluding hydrogens is 433 g/mol. The predicted octanol–water partition coefficient (Wildman–Crippen LogP) is 3.44. The molecule has 0 radical (unpaired) electrons. The highest BCUT2D eigenvalue weighted by molar-refractivity contribution is 9.11. The van der Waals surface area contributed by atoms with Crippen molar-refractivity contribution < 1.29 is 14.0 Å². The van der Waals surface area contributed by atoms with E-state index in [9.17, 15) is 14.0 Å². The predicted molar refractivity (Wildman–Crippen MR) is 90.9 cm³/mol. The van der Waals surface area contributed by atoms with Crippen LogP contribution in [0.2, 0.25) is 0 Å². The van der Waals surface area contributed by atoms with Crippen molar-refractivity contribution in [3.8, 4) is 0 Å². The third-order valence-corrected chi connectivity index (χ3v) is 4.20. The van der Waals surface area contributed by atoms with Gasteiger partial charge in [0.1, 0.15) is 5.82 Å². The van der Waals surface area contributed by atoms with Gasteiger partial charge in [-0.2, -0.15) is 5.10 Å². The molecule has 3 rings (SSSR count). The molecule has 0 atom stereocenters. The van der Waals surface area contributed by atoms with Crippen LogP contribution >= 0.6 is 31.9 Å². The van der Waals surface area contributed by atoms with Crippen LogP contribution in [0.4, 0.5) is 10.1 Å². The third-order valence-electron chi connectivity index (χ3n) is 3.12. The second kappa shape index (κ2) is 6.21. The topological polar surface area (TPSA) is 70.6 Å². The van der Waals surface area contributed by atoms with Crippen molar-refractivity contribution in [3.05, 3.63) is 62.3 Å². The van der Waals surface area contributed by atoms with Gasteiger partial charge in [0.2, 0.25) is 0 Å². The largest absolute Gasteiger partial charge is 0.319 e. The molecule has 2 amide bonds. The standard InChI is InChI=1S/C15H8Br2FN3O2/c16-8-5-10-12(11(17)6-8)19-15(23)13(10)20-21-14(22)7-2-1-3-9(18)4-7/h1-6H,(H,21,22)(H,19,20,23). The molecule has 0 unspecified atom stereocenters. The van der Waals surface area contributed by atoms with Crippen molar-refractivity contribution in [2.75, 3.05) is 5.32 Å². The molecule has 8 heteroatoms. The number of hydrogen-bond donors (Lipinski definition) is 2. The Bertz CT molecular complexity index is 868. The molecule has 1 heterocycles. The molecule has 23 heavy (non-hydrogen) atoms. The summed E-state index contributed by atoms with van der Waals surface area (Å²) in [6, 6.07) is 8.69. The Morgan fingerprint density at radius 1 is 1.22 bits per heavy atom. The van der Waals surface area contributed by atoms with Crippen LogP contribution in [0.1, 0.15) is 15.9 Å². The van der Waals surface area contributed by atoms with Crippen molar-refractivity contribution in [2.45, 2.75) is 0 Å². The summed E-state index contributed by atoms with van der Waals surface area (Å²) < 4.78 is 14.6.